The molecule has 1 saturated carbocycles. The van der Waals surface area contributed by atoms with E-state index in [1.807, 2.05) is 0 Å². The normalized spacial score (nSPS) is 25.0. The zero-order valence-electron chi connectivity index (χ0n) is 10.1. The highest BCUT2D eigenvalue weighted by atomic mass is 32.2. The molecule has 1 aromatic carbocycles. The van der Waals surface area contributed by atoms with Gasteiger partial charge < -0.3 is 5.11 Å². The Morgan fingerprint density at radius 2 is 1.72 bits per heavy atom. The van der Waals surface area contributed by atoms with Gasteiger partial charge in [-0.1, -0.05) is 25.0 Å². The van der Waals surface area contributed by atoms with Crippen LogP contribution in [0.4, 0.5) is 0 Å². The molecule has 0 heterocycles. The van der Waals surface area contributed by atoms with Crippen molar-refractivity contribution in [3.8, 4) is 0 Å². The van der Waals surface area contributed by atoms with Crippen molar-refractivity contribution in [1.82, 2.24) is 0 Å². The predicted molar refractivity (Wildman–Crippen MR) is 67.9 cm³/mol. The average Bonchev–Trinajstić information content (AvgIpc) is 2.32. The van der Waals surface area contributed by atoms with Crippen LogP contribution in [0.15, 0.2) is 29.2 Å². The number of hydrogen-bond acceptors (Lipinski definition) is 3. The van der Waals surface area contributed by atoms with E-state index in [1.165, 1.54) is 12.1 Å². The highest BCUT2D eigenvalue weighted by Crippen LogP contribution is 2.27. The number of rotatable bonds is 3. The number of aliphatic hydroxyl groups is 1. The smallest absolute Gasteiger partial charge is 0.294 e. The average molecular weight is 270 g/mol. The summed E-state index contributed by atoms with van der Waals surface area (Å²) in [4.78, 5) is -0.0876. The summed E-state index contributed by atoms with van der Waals surface area (Å²) in [6.07, 6.45) is 4.60. The Morgan fingerprint density at radius 1 is 1.11 bits per heavy atom. The summed E-state index contributed by atoms with van der Waals surface area (Å²) in [5.74, 6) is 0.260. The van der Waals surface area contributed by atoms with E-state index in [0.29, 0.717) is 0 Å². The Morgan fingerprint density at radius 3 is 2.28 bits per heavy atom. The molecular formula is C13H18O4S. The van der Waals surface area contributed by atoms with Gasteiger partial charge in [0.2, 0.25) is 0 Å². The molecule has 0 aliphatic heterocycles. The Bertz CT molecular complexity index is 492. The van der Waals surface area contributed by atoms with Crippen molar-refractivity contribution in [2.75, 3.05) is 0 Å². The molecule has 0 unspecified atom stereocenters. The monoisotopic (exact) mass is 270 g/mol. The van der Waals surface area contributed by atoms with Crippen molar-refractivity contribution >= 4 is 10.1 Å². The molecule has 0 bridgehead atoms. The van der Waals surface area contributed by atoms with E-state index < -0.39 is 10.1 Å². The molecule has 1 fully saturated rings. The molecule has 18 heavy (non-hydrogen) atoms. The van der Waals surface area contributed by atoms with Crippen LogP contribution in [0.2, 0.25) is 0 Å². The summed E-state index contributed by atoms with van der Waals surface area (Å²) in [7, 11) is -4.11. The Kier molecular flexibility index (Phi) is 4.04. The van der Waals surface area contributed by atoms with E-state index in [1.54, 1.807) is 12.1 Å². The Balaban J connectivity index is 2.06. The van der Waals surface area contributed by atoms with Crippen molar-refractivity contribution in [2.45, 2.75) is 43.1 Å². The second kappa shape index (κ2) is 5.38. The van der Waals surface area contributed by atoms with Crippen molar-refractivity contribution in [2.24, 2.45) is 5.92 Å². The lowest BCUT2D eigenvalue weighted by molar-refractivity contribution is 0.0700. The molecule has 2 rings (SSSR count). The van der Waals surface area contributed by atoms with Crippen LogP contribution in [0.5, 0.6) is 0 Å². The minimum atomic E-state index is -4.11. The quantitative estimate of drug-likeness (QED) is 0.824. The molecule has 2 atom stereocenters. The SMILES string of the molecule is O=S(=O)(O)c1ccc(C[C@@H]2CCCC[C@H]2O)cc1. The highest BCUT2D eigenvalue weighted by molar-refractivity contribution is 7.85. The van der Waals surface area contributed by atoms with Crippen LogP contribution in [0.1, 0.15) is 31.2 Å². The van der Waals surface area contributed by atoms with Gasteiger partial charge in [0.1, 0.15) is 0 Å². The van der Waals surface area contributed by atoms with E-state index in [9.17, 15) is 13.5 Å². The molecule has 0 spiro atoms. The molecule has 4 nitrogen and oxygen atoms in total. The van der Waals surface area contributed by atoms with Crippen molar-refractivity contribution in [3.63, 3.8) is 0 Å². The van der Waals surface area contributed by atoms with Gasteiger partial charge in [-0.05, 0) is 42.9 Å². The molecule has 5 heteroatoms. The lowest BCUT2D eigenvalue weighted by Crippen LogP contribution is -2.26. The van der Waals surface area contributed by atoms with Crippen molar-refractivity contribution < 1.29 is 18.1 Å². The second-order valence-electron chi connectivity index (χ2n) is 4.94. The molecule has 0 radical (unpaired) electrons. The summed E-state index contributed by atoms with van der Waals surface area (Å²) >= 11 is 0. The van der Waals surface area contributed by atoms with Gasteiger partial charge in [-0.15, -0.1) is 0 Å². The largest absolute Gasteiger partial charge is 0.393 e. The molecule has 100 valence electrons. The van der Waals surface area contributed by atoms with Gasteiger partial charge in [-0.2, -0.15) is 8.42 Å². The van der Waals surface area contributed by atoms with Gasteiger partial charge >= 0.3 is 0 Å². The van der Waals surface area contributed by atoms with E-state index in [4.69, 9.17) is 4.55 Å². The molecule has 1 aliphatic rings. The standard InChI is InChI=1S/C13H18O4S/c14-13-4-2-1-3-11(13)9-10-5-7-12(8-6-10)18(15,16)17/h5-8,11,13-14H,1-4,9H2,(H,15,16,17)/t11-,13+/m0/s1. The molecular weight excluding hydrogens is 252 g/mol. The van der Waals surface area contributed by atoms with Crippen LogP contribution >= 0.6 is 0 Å². The van der Waals surface area contributed by atoms with E-state index in [-0.39, 0.29) is 16.9 Å². The summed E-state index contributed by atoms with van der Waals surface area (Å²) in [6, 6.07) is 6.20. The molecule has 2 N–H and O–H groups in total. The third-order valence-corrected chi connectivity index (χ3v) is 4.46. The maximum Gasteiger partial charge on any atom is 0.294 e. The summed E-state index contributed by atoms with van der Waals surface area (Å²) < 4.78 is 30.7. The van der Waals surface area contributed by atoms with Crippen LogP contribution in [0.25, 0.3) is 0 Å². The van der Waals surface area contributed by atoms with Crippen molar-refractivity contribution in [3.05, 3.63) is 29.8 Å². The Labute approximate surface area is 107 Å². The van der Waals surface area contributed by atoms with Gasteiger partial charge in [0, 0.05) is 0 Å². The number of aliphatic hydroxyl groups excluding tert-OH is 1. The van der Waals surface area contributed by atoms with Gasteiger partial charge in [-0.25, -0.2) is 0 Å². The minimum Gasteiger partial charge on any atom is -0.393 e. The highest BCUT2D eigenvalue weighted by Gasteiger charge is 2.23. The van der Waals surface area contributed by atoms with Crippen LogP contribution < -0.4 is 0 Å². The summed E-state index contributed by atoms with van der Waals surface area (Å²) in [5, 5.41) is 9.88. The van der Waals surface area contributed by atoms with E-state index in [0.717, 1.165) is 37.7 Å². The first-order valence-electron chi connectivity index (χ1n) is 6.21. The first-order valence-corrected chi connectivity index (χ1v) is 7.65. The van der Waals surface area contributed by atoms with Crippen LogP contribution in [0.3, 0.4) is 0 Å². The molecule has 0 aromatic heterocycles. The van der Waals surface area contributed by atoms with Crippen LogP contribution in [0, 0.1) is 5.92 Å². The molecule has 0 saturated heterocycles. The lowest BCUT2D eigenvalue weighted by atomic mass is 9.82. The summed E-state index contributed by atoms with van der Waals surface area (Å²) in [5.41, 5.74) is 0.994. The first kappa shape index (κ1) is 13.5. The molecule has 0 amide bonds. The number of benzene rings is 1. The predicted octanol–water partition coefficient (Wildman–Crippen LogP) is 2.03. The van der Waals surface area contributed by atoms with Crippen LogP contribution in [-0.2, 0) is 16.5 Å². The Hall–Kier alpha value is -0.910. The number of hydrogen-bond donors (Lipinski definition) is 2. The van der Waals surface area contributed by atoms with Crippen molar-refractivity contribution in [1.29, 1.82) is 0 Å². The molecule has 1 aromatic rings. The fourth-order valence-electron chi connectivity index (χ4n) is 2.53. The van der Waals surface area contributed by atoms with Gasteiger partial charge in [0.05, 0.1) is 11.0 Å². The second-order valence-corrected chi connectivity index (χ2v) is 6.36. The zero-order valence-corrected chi connectivity index (χ0v) is 10.9. The molecule has 1 aliphatic carbocycles. The fraction of sp³-hybridized carbons (Fsp3) is 0.538. The maximum absolute atomic E-state index is 10.9. The van der Waals surface area contributed by atoms with Gasteiger partial charge in [0.15, 0.2) is 0 Å². The first-order chi connectivity index (χ1) is 8.47. The van der Waals surface area contributed by atoms with Crippen LogP contribution in [-0.4, -0.2) is 24.2 Å². The maximum atomic E-state index is 10.9. The minimum absolute atomic E-state index is 0.0876. The van der Waals surface area contributed by atoms with Gasteiger partial charge in [-0.3, -0.25) is 4.55 Å². The van der Waals surface area contributed by atoms with E-state index in [2.05, 4.69) is 0 Å². The third kappa shape index (κ3) is 3.31. The van der Waals surface area contributed by atoms with Gasteiger partial charge in [0.25, 0.3) is 10.1 Å². The lowest BCUT2D eigenvalue weighted by Gasteiger charge is -2.27. The van der Waals surface area contributed by atoms with E-state index >= 15 is 0 Å². The zero-order chi connectivity index (χ0) is 13.2. The fourth-order valence-corrected chi connectivity index (χ4v) is 3.01. The third-order valence-electron chi connectivity index (χ3n) is 3.59. The summed E-state index contributed by atoms with van der Waals surface area (Å²) in [6.45, 7) is 0. The topological polar surface area (TPSA) is 74.6 Å².